The van der Waals surface area contributed by atoms with E-state index in [4.69, 9.17) is 4.74 Å². The molecule has 0 N–H and O–H groups in total. The summed E-state index contributed by atoms with van der Waals surface area (Å²) in [6.07, 6.45) is 24.5. The number of ether oxygens (including phenoxy) is 1. The molecule has 4 heteroatoms. The molecule has 3 fully saturated rings. The van der Waals surface area contributed by atoms with Crippen molar-refractivity contribution in [1.29, 1.82) is 0 Å². The van der Waals surface area contributed by atoms with Crippen LogP contribution in [0.2, 0.25) is 0 Å². The molecule has 4 rings (SSSR count). The molecule has 3 saturated carbocycles. The molecule has 39 heavy (non-hydrogen) atoms. The molecule has 0 radical (unpaired) electrons. The van der Waals surface area contributed by atoms with Crippen molar-refractivity contribution < 1.29 is 19.1 Å². The average Bonchev–Trinajstić information content (AvgIpc) is 3.28. The van der Waals surface area contributed by atoms with Crippen LogP contribution in [-0.2, 0) is 19.1 Å². The Kier molecular flexibility index (Phi) is 10.9. The number of unbranched alkanes of at least 4 members (excludes halogenated alkanes) is 10. The van der Waals surface area contributed by atoms with E-state index in [2.05, 4.69) is 20.8 Å². The zero-order chi connectivity index (χ0) is 27.9. The lowest BCUT2D eigenvalue weighted by Crippen LogP contribution is -2.51. The second-order valence-corrected chi connectivity index (χ2v) is 14.1. The highest BCUT2D eigenvalue weighted by Gasteiger charge is 2.60. The number of fused-ring (bicyclic) bond motifs is 5. The number of carbonyl (C=O) groups is 3. The summed E-state index contributed by atoms with van der Waals surface area (Å²) in [5.74, 6) is 2.16. The van der Waals surface area contributed by atoms with Gasteiger partial charge in [0.2, 0.25) is 0 Å². The van der Waals surface area contributed by atoms with Crippen LogP contribution in [0.25, 0.3) is 0 Å². The maximum atomic E-state index is 13.3. The van der Waals surface area contributed by atoms with Gasteiger partial charge in [-0.1, -0.05) is 90.6 Å². The first-order valence-corrected chi connectivity index (χ1v) is 16.7. The minimum Gasteiger partial charge on any atom is -0.458 e. The van der Waals surface area contributed by atoms with Crippen molar-refractivity contribution in [3.05, 3.63) is 11.6 Å². The molecule has 4 aliphatic carbocycles. The van der Waals surface area contributed by atoms with Crippen molar-refractivity contribution in [2.75, 3.05) is 6.61 Å². The summed E-state index contributed by atoms with van der Waals surface area (Å²) < 4.78 is 5.51. The first-order valence-electron chi connectivity index (χ1n) is 16.7. The largest absolute Gasteiger partial charge is 0.458 e. The molecule has 0 aromatic heterocycles. The lowest BCUT2D eigenvalue weighted by molar-refractivity contribution is -0.151. The Balaban J connectivity index is 1.15. The number of rotatable bonds is 15. The van der Waals surface area contributed by atoms with Crippen LogP contribution in [-0.4, -0.2) is 24.1 Å². The number of hydrogen-bond acceptors (Lipinski definition) is 4. The highest BCUT2D eigenvalue weighted by atomic mass is 16.5. The molecule has 6 atom stereocenters. The third-order valence-electron chi connectivity index (χ3n) is 11.7. The van der Waals surface area contributed by atoms with Gasteiger partial charge in [0.05, 0.1) is 0 Å². The third kappa shape index (κ3) is 7.07. The average molecular weight is 541 g/mol. The first-order chi connectivity index (χ1) is 18.8. The van der Waals surface area contributed by atoms with Crippen molar-refractivity contribution in [2.45, 2.75) is 149 Å². The van der Waals surface area contributed by atoms with Crippen LogP contribution in [0.15, 0.2) is 11.6 Å². The number of Topliss-reactive ketones (excluding diaryl/α,β-unsaturated/α-hetero) is 1. The van der Waals surface area contributed by atoms with Crippen molar-refractivity contribution in [2.24, 2.45) is 34.5 Å². The SMILES string of the molecule is CCCCCCCCCCCCCC(=O)OCC(=O)[C@H]1CC[C@H]2[C@@H]3CCC4=CC(=O)CC[C@]4(C)[C@H]3CC[C@]12C. The molecule has 4 nitrogen and oxygen atoms in total. The topological polar surface area (TPSA) is 60.4 Å². The Morgan fingerprint density at radius 3 is 2.18 bits per heavy atom. The number of carbonyl (C=O) groups excluding carboxylic acids is 3. The Hall–Kier alpha value is -1.45. The molecule has 0 unspecified atom stereocenters. The smallest absolute Gasteiger partial charge is 0.306 e. The maximum absolute atomic E-state index is 13.3. The molecular formula is C35H56O4. The van der Waals surface area contributed by atoms with Crippen molar-refractivity contribution in [3.63, 3.8) is 0 Å². The Bertz CT molecular complexity index is 889. The summed E-state index contributed by atoms with van der Waals surface area (Å²) in [7, 11) is 0. The van der Waals surface area contributed by atoms with Gasteiger partial charge in [0.1, 0.15) is 6.61 Å². The van der Waals surface area contributed by atoms with E-state index in [1.165, 1.54) is 63.4 Å². The summed E-state index contributed by atoms with van der Waals surface area (Å²) in [6, 6.07) is 0. The molecule has 4 aliphatic rings. The van der Waals surface area contributed by atoms with Crippen LogP contribution in [0, 0.1) is 34.5 Å². The Morgan fingerprint density at radius 1 is 0.821 bits per heavy atom. The molecular weight excluding hydrogens is 484 g/mol. The van der Waals surface area contributed by atoms with Gasteiger partial charge in [-0.3, -0.25) is 14.4 Å². The highest BCUT2D eigenvalue weighted by molar-refractivity contribution is 5.91. The van der Waals surface area contributed by atoms with Gasteiger partial charge in [-0.05, 0) is 86.0 Å². The van der Waals surface area contributed by atoms with Gasteiger partial charge in [0, 0.05) is 18.8 Å². The Morgan fingerprint density at radius 2 is 1.49 bits per heavy atom. The molecule has 0 amide bonds. The standard InChI is InChI=1S/C35H56O4/c1-4-5-6-7-8-9-10-11-12-13-14-15-33(38)39-25-32(37)31-19-18-29-28-17-16-26-24-27(36)20-22-34(26,2)30(28)21-23-35(29,31)3/h24,28-31H,4-23,25H2,1-3H3/t28-,29-,30-,31+,34-,35-/m0/s1. The normalized spacial score (nSPS) is 33.6. The zero-order valence-electron chi connectivity index (χ0n) is 25.4. The van der Waals surface area contributed by atoms with Crippen LogP contribution in [0.5, 0.6) is 0 Å². The van der Waals surface area contributed by atoms with E-state index in [-0.39, 0.29) is 35.1 Å². The van der Waals surface area contributed by atoms with Gasteiger partial charge < -0.3 is 4.74 Å². The van der Waals surface area contributed by atoms with E-state index in [1.807, 2.05) is 6.08 Å². The van der Waals surface area contributed by atoms with Crippen LogP contribution < -0.4 is 0 Å². The predicted molar refractivity (Wildman–Crippen MR) is 157 cm³/mol. The van der Waals surface area contributed by atoms with Crippen molar-refractivity contribution in [1.82, 2.24) is 0 Å². The van der Waals surface area contributed by atoms with Gasteiger partial charge >= 0.3 is 5.97 Å². The van der Waals surface area contributed by atoms with Gasteiger partial charge in [-0.2, -0.15) is 0 Å². The maximum Gasteiger partial charge on any atom is 0.306 e. The highest BCUT2D eigenvalue weighted by Crippen LogP contribution is 2.66. The predicted octanol–water partition coefficient (Wildman–Crippen LogP) is 8.95. The van der Waals surface area contributed by atoms with Crippen LogP contribution in [0.3, 0.4) is 0 Å². The summed E-state index contributed by atoms with van der Waals surface area (Å²) in [5, 5.41) is 0. The molecule has 220 valence electrons. The molecule has 0 bridgehead atoms. The lowest BCUT2D eigenvalue weighted by atomic mass is 9.46. The van der Waals surface area contributed by atoms with E-state index in [0.717, 1.165) is 57.8 Å². The monoisotopic (exact) mass is 540 g/mol. The summed E-state index contributed by atoms with van der Waals surface area (Å²) in [4.78, 5) is 37.8. The molecule has 0 aromatic carbocycles. The number of esters is 1. The van der Waals surface area contributed by atoms with Crippen molar-refractivity contribution in [3.8, 4) is 0 Å². The lowest BCUT2D eigenvalue weighted by Gasteiger charge is -2.58. The van der Waals surface area contributed by atoms with E-state index in [9.17, 15) is 14.4 Å². The summed E-state index contributed by atoms with van der Waals surface area (Å²) in [5.41, 5.74) is 1.60. The second kappa shape index (κ2) is 13.9. The van der Waals surface area contributed by atoms with Gasteiger partial charge in [-0.25, -0.2) is 0 Å². The number of allylic oxidation sites excluding steroid dienone is 1. The third-order valence-corrected chi connectivity index (χ3v) is 11.7. The minimum atomic E-state index is -0.200. The summed E-state index contributed by atoms with van der Waals surface area (Å²) in [6.45, 7) is 6.99. The fourth-order valence-electron chi connectivity index (χ4n) is 9.35. The van der Waals surface area contributed by atoms with Gasteiger partial charge in [0.15, 0.2) is 11.6 Å². The van der Waals surface area contributed by atoms with E-state index < -0.39 is 0 Å². The number of hydrogen-bond donors (Lipinski definition) is 0. The van der Waals surface area contributed by atoms with Crippen molar-refractivity contribution >= 4 is 17.5 Å². The van der Waals surface area contributed by atoms with E-state index >= 15 is 0 Å². The quantitative estimate of drug-likeness (QED) is 0.154. The van der Waals surface area contributed by atoms with Gasteiger partial charge in [0.25, 0.3) is 0 Å². The molecule has 0 aliphatic heterocycles. The second-order valence-electron chi connectivity index (χ2n) is 14.1. The zero-order valence-corrected chi connectivity index (χ0v) is 25.4. The minimum absolute atomic E-state index is 0.0240. The fourth-order valence-corrected chi connectivity index (χ4v) is 9.35. The number of ketones is 2. The molecule has 0 saturated heterocycles. The van der Waals surface area contributed by atoms with Crippen LogP contribution >= 0.6 is 0 Å². The summed E-state index contributed by atoms with van der Waals surface area (Å²) >= 11 is 0. The molecule has 0 spiro atoms. The van der Waals surface area contributed by atoms with Gasteiger partial charge in [-0.15, -0.1) is 0 Å². The van der Waals surface area contributed by atoms with E-state index in [0.29, 0.717) is 36.4 Å². The van der Waals surface area contributed by atoms with E-state index in [1.54, 1.807) is 0 Å². The fraction of sp³-hybridized carbons (Fsp3) is 0.857. The van der Waals surface area contributed by atoms with Crippen LogP contribution in [0.1, 0.15) is 149 Å². The molecule has 0 aromatic rings. The van der Waals surface area contributed by atoms with Crippen LogP contribution in [0.4, 0.5) is 0 Å². The Labute approximate surface area is 238 Å². The first kappa shape index (κ1) is 30.5. The molecule has 0 heterocycles.